The highest BCUT2D eigenvalue weighted by Gasteiger charge is 1.92. The first kappa shape index (κ1) is 9.16. The van der Waals surface area contributed by atoms with E-state index < -0.39 is 0 Å². The lowest BCUT2D eigenvalue weighted by molar-refractivity contribution is -0.132. The van der Waals surface area contributed by atoms with E-state index in [1.165, 1.54) is 0 Å². The quantitative estimate of drug-likeness (QED) is 0.369. The third kappa shape index (κ3) is 5.30. The summed E-state index contributed by atoms with van der Waals surface area (Å²) in [6.45, 7) is 2.71. The number of ether oxygens (including phenoxy) is 1. The largest absolute Gasteiger partial charge is 0.469 e. The van der Waals surface area contributed by atoms with Gasteiger partial charge >= 0.3 is 6.47 Å². The summed E-state index contributed by atoms with van der Waals surface area (Å²) in [7, 11) is 0. The van der Waals surface area contributed by atoms with Crippen LogP contribution in [0.1, 0.15) is 13.3 Å². The van der Waals surface area contributed by atoms with Crippen molar-refractivity contribution in [2.75, 3.05) is 6.61 Å². The molecule has 1 N–H and O–H groups in total. The SMILES string of the molecule is CCCOC(=S)NOC=O. The Kier molecular flexibility index (Phi) is 5.75. The minimum absolute atomic E-state index is 0.0777. The molecule has 0 spiro atoms. The van der Waals surface area contributed by atoms with Crippen LogP contribution >= 0.6 is 12.2 Å². The van der Waals surface area contributed by atoms with Crippen LogP contribution in [-0.2, 0) is 14.4 Å². The van der Waals surface area contributed by atoms with E-state index in [2.05, 4.69) is 22.5 Å². The Bertz CT molecular complexity index is 117. The van der Waals surface area contributed by atoms with Crippen molar-refractivity contribution in [2.45, 2.75) is 13.3 Å². The Balaban J connectivity index is 3.16. The lowest BCUT2D eigenvalue weighted by Crippen LogP contribution is -2.23. The molecule has 0 atom stereocenters. The van der Waals surface area contributed by atoms with Gasteiger partial charge in [0.1, 0.15) is 0 Å². The zero-order chi connectivity index (χ0) is 7.82. The predicted molar refractivity (Wildman–Crippen MR) is 39.1 cm³/mol. The first-order chi connectivity index (χ1) is 4.81. The third-order valence-corrected chi connectivity index (χ3v) is 0.829. The molecule has 0 aliphatic rings. The first-order valence-electron chi connectivity index (χ1n) is 2.83. The van der Waals surface area contributed by atoms with Crippen LogP contribution in [0.25, 0.3) is 0 Å². The van der Waals surface area contributed by atoms with Crippen molar-refractivity contribution < 1.29 is 14.4 Å². The summed E-state index contributed by atoms with van der Waals surface area (Å²) >= 11 is 4.57. The van der Waals surface area contributed by atoms with E-state index in [0.29, 0.717) is 6.61 Å². The van der Waals surface area contributed by atoms with E-state index in [-0.39, 0.29) is 11.6 Å². The summed E-state index contributed by atoms with van der Waals surface area (Å²) in [6.07, 6.45) is 0.864. The van der Waals surface area contributed by atoms with Crippen LogP contribution in [0.5, 0.6) is 0 Å². The molecule has 0 aromatic carbocycles. The van der Waals surface area contributed by atoms with Gasteiger partial charge in [0, 0.05) is 0 Å². The van der Waals surface area contributed by atoms with Gasteiger partial charge in [-0.25, -0.2) is 0 Å². The molecular formula is C5H9NO3S. The van der Waals surface area contributed by atoms with Crippen molar-refractivity contribution >= 4 is 23.9 Å². The second-order valence-corrected chi connectivity index (χ2v) is 1.82. The fraction of sp³-hybridized carbons (Fsp3) is 0.600. The Labute approximate surface area is 64.5 Å². The maximum absolute atomic E-state index is 9.58. The summed E-state index contributed by atoms with van der Waals surface area (Å²) in [5.41, 5.74) is 2.11. The van der Waals surface area contributed by atoms with Gasteiger partial charge in [-0.2, -0.15) is 5.48 Å². The van der Waals surface area contributed by atoms with Crippen LogP contribution in [0.2, 0.25) is 0 Å². The molecule has 0 aromatic rings. The monoisotopic (exact) mass is 163 g/mol. The fourth-order valence-corrected chi connectivity index (χ4v) is 0.428. The number of rotatable bonds is 4. The molecular weight excluding hydrogens is 154 g/mol. The van der Waals surface area contributed by atoms with E-state index in [4.69, 9.17) is 4.74 Å². The molecule has 0 heterocycles. The predicted octanol–water partition coefficient (Wildman–Crippen LogP) is 0.376. The first-order valence-corrected chi connectivity index (χ1v) is 3.24. The minimum atomic E-state index is 0.0777. The van der Waals surface area contributed by atoms with Crippen molar-refractivity contribution in [1.82, 2.24) is 5.48 Å². The second kappa shape index (κ2) is 6.28. The number of hydroxylamine groups is 1. The molecule has 10 heavy (non-hydrogen) atoms. The van der Waals surface area contributed by atoms with Crippen LogP contribution in [0.15, 0.2) is 0 Å². The van der Waals surface area contributed by atoms with Crippen molar-refractivity contribution in [2.24, 2.45) is 0 Å². The van der Waals surface area contributed by atoms with Crippen molar-refractivity contribution in [3.63, 3.8) is 0 Å². The third-order valence-electron chi connectivity index (χ3n) is 0.628. The molecule has 58 valence electrons. The van der Waals surface area contributed by atoms with Crippen LogP contribution < -0.4 is 5.48 Å². The Morgan fingerprint density at radius 2 is 2.50 bits per heavy atom. The number of carbonyl (C=O) groups excluding carboxylic acids is 1. The molecule has 0 amide bonds. The molecule has 0 aliphatic heterocycles. The summed E-state index contributed by atoms with van der Waals surface area (Å²) in [4.78, 5) is 13.7. The zero-order valence-corrected chi connectivity index (χ0v) is 6.44. The minimum Gasteiger partial charge on any atom is -0.469 e. The van der Waals surface area contributed by atoms with Gasteiger partial charge < -0.3 is 9.57 Å². The van der Waals surface area contributed by atoms with Gasteiger partial charge in [-0.1, -0.05) is 6.92 Å². The molecule has 0 aromatic heterocycles. The van der Waals surface area contributed by atoms with Gasteiger partial charge in [-0.3, -0.25) is 4.79 Å². The van der Waals surface area contributed by atoms with Crippen molar-refractivity contribution in [3.05, 3.63) is 0 Å². The maximum Gasteiger partial charge on any atom is 0.320 e. The summed E-state index contributed by atoms with van der Waals surface area (Å²) in [6, 6.07) is 0. The molecule has 0 aliphatic carbocycles. The molecule has 0 saturated heterocycles. The summed E-state index contributed by atoms with van der Waals surface area (Å²) in [5, 5.41) is 0.0777. The Morgan fingerprint density at radius 3 is 3.00 bits per heavy atom. The average Bonchev–Trinajstić information content (AvgIpc) is 1.97. The van der Waals surface area contributed by atoms with Gasteiger partial charge in [0.25, 0.3) is 5.17 Å². The molecule has 0 rings (SSSR count). The summed E-state index contributed by atoms with van der Waals surface area (Å²) < 4.78 is 4.83. The van der Waals surface area contributed by atoms with E-state index in [1.54, 1.807) is 0 Å². The molecule has 0 radical (unpaired) electrons. The standard InChI is InChI=1S/C5H9NO3S/c1-2-3-8-5(10)6-9-4-7/h4H,2-3H2,1H3,(H,6,10). The fourth-order valence-electron chi connectivity index (χ4n) is 0.296. The number of carbonyl (C=O) groups is 1. The zero-order valence-electron chi connectivity index (χ0n) is 5.62. The van der Waals surface area contributed by atoms with Crippen LogP contribution in [0.3, 0.4) is 0 Å². The number of hydrogen-bond acceptors (Lipinski definition) is 4. The van der Waals surface area contributed by atoms with Crippen molar-refractivity contribution in [3.8, 4) is 0 Å². The number of nitrogens with one attached hydrogen (secondary N) is 1. The lowest BCUT2D eigenvalue weighted by atomic mass is 10.5. The summed E-state index contributed by atoms with van der Waals surface area (Å²) in [5.74, 6) is 0. The second-order valence-electron chi connectivity index (χ2n) is 1.45. The molecule has 0 fully saturated rings. The van der Waals surface area contributed by atoms with E-state index >= 15 is 0 Å². The Morgan fingerprint density at radius 1 is 1.80 bits per heavy atom. The van der Waals surface area contributed by atoms with Gasteiger partial charge in [-0.05, 0) is 18.6 Å². The van der Waals surface area contributed by atoms with Gasteiger partial charge in [0.15, 0.2) is 0 Å². The highest BCUT2D eigenvalue weighted by atomic mass is 32.1. The smallest absolute Gasteiger partial charge is 0.320 e. The maximum atomic E-state index is 9.58. The lowest BCUT2D eigenvalue weighted by Gasteiger charge is -2.04. The normalized spacial score (nSPS) is 8.10. The van der Waals surface area contributed by atoms with Gasteiger partial charge in [0.05, 0.1) is 6.61 Å². The molecule has 0 unspecified atom stereocenters. The number of thiocarbonyl (C=S) groups is 1. The van der Waals surface area contributed by atoms with Gasteiger partial charge in [-0.15, -0.1) is 0 Å². The van der Waals surface area contributed by atoms with Crippen LogP contribution in [-0.4, -0.2) is 18.3 Å². The highest BCUT2D eigenvalue weighted by Crippen LogP contribution is 1.81. The highest BCUT2D eigenvalue weighted by molar-refractivity contribution is 7.80. The Hall–Kier alpha value is -0.840. The van der Waals surface area contributed by atoms with Crippen LogP contribution in [0.4, 0.5) is 0 Å². The topological polar surface area (TPSA) is 47.6 Å². The molecule has 4 nitrogen and oxygen atoms in total. The molecule has 0 saturated carbocycles. The van der Waals surface area contributed by atoms with E-state index in [9.17, 15) is 4.79 Å². The van der Waals surface area contributed by atoms with E-state index in [0.717, 1.165) is 6.42 Å². The molecule has 0 bridgehead atoms. The molecule has 5 heteroatoms. The van der Waals surface area contributed by atoms with E-state index in [1.807, 2.05) is 6.92 Å². The van der Waals surface area contributed by atoms with Gasteiger partial charge in [0.2, 0.25) is 0 Å². The number of hydrogen-bond donors (Lipinski definition) is 1. The van der Waals surface area contributed by atoms with Crippen LogP contribution in [0, 0.1) is 0 Å². The average molecular weight is 163 g/mol. The van der Waals surface area contributed by atoms with Crippen molar-refractivity contribution in [1.29, 1.82) is 0 Å².